The van der Waals surface area contributed by atoms with Gasteiger partial charge in [-0.15, -0.1) is 11.8 Å². The molecule has 0 fully saturated rings. The van der Waals surface area contributed by atoms with Crippen molar-refractivity contribution >= 4 is 16.8 Å². The highest BCUT2D eigenvalue weighted by Gasteiger charge is 2.10. The summed E-state index contributed by atoms with van der Waals surface area (Å²) in [6.07, 6.45) is 3.56. The van der Waals surface area contributed by atoms with Crippen molar-refractivity contribution in [3.63, 3.8) is 0 Å². The van der Waals surface area contributed by atoms with E-state index in [9.17, 15) is 0 Å². The van der Waals surface area contributed by atoms with Gasteiger partial charge in [0.15, 0.2) is 5.82 Å². The number of hydrogen-bond donors (Lipinski definition) is 1. The van der Waals surface area contributed by atoms with E-state index < -0.39 is 0 Å². The molecule has 0 spiro atoms. The molecule has 0 saturated carbocycles. The van der Waals surface area contributed by atoms with E-state index in [1.165, 1.54) is 0 Å². The van der Waals surface area contributed by atoms with Crippen LogP contribution in [-0.4, -0.2) is 27.3 Å². The first-order chi connectivity index (χ1) is 4.97. The Hall–Kier alpha value is -0.770. The maximum Gasteiger partial charge on any atom is 0.162 e. The van der Waals surface area contributed by atoms with Crippen LogP contribution < -0.4 is 0 Å². The third-order valence-electron chi connectivity index (χ3n) is 1.29. The van der Waals surface area contributed by atoms with E-state index in [0.29, 0.717) is 0 Å². The van der Waals surface area contributed by atoms with Gasteiger partial charge in [-0.3, -0.25) is 4.99 Å². The second kappa shape index (κ2) is 2.46. The molecule has 1 aromatic rings. The van der Waals surface area contributed by atoms with E-state index in [1.807, 2.05) is 6.20 Å². The maximum atomic E-state index is 4.26. The smallest absolute Gasteiger partial charge is 0.162 e. The molecule has 1 aliphatic rings. The number of aromatic amines is 1. The van der Waals surface area contributed by atoms with Crippen LogP contribution >= 0.6 is 11.8 Å². The van der Waals surface area contributed by atoms with Crippen molar-refractivity contribution in [3.05, 3.63) is 18.2 Å². The fraction of sp³-hybridized carbons (Fsp3) is 0.333. The van der Waals surface area contributed by atoms with Crippen molar-refractivity contribution in [2.24, 2.45) is 4.99 Å². The number of nitrogens with zero attached hydrogens (tertiary/aromatic N) is 2. The minimum absolute atomic E-state index is 0.905. The molecule has 2 rings (SSSR count). The van der Waals surface area contributed by atoms with E-state index in [1.54, 1.807) is 18.0 Å². The summed E-state index contributed by atoms with van der Waals surface area (Å²) in [7, 11) is 0. The van der Waals surface area contributed by atoms with Gasteiger partial charge >= 0.3 is 0 Å². The van der Waals surface area contributed by atoms with Crippen molar-refractivity contribution < 1.29 is 0 Å². The van der Waals surface area contributed by atoms with Gasteiger partial charge in [-0.2, -0.15) is 0 Å². The van der Waals surface area contributed by atoms with Gasteiger partial charge in [0.1, 0.15) is 5.04 Å². The summed E-state index contributed by atoms with van der Waals surface area (Å²) in [5, 5.41) is 1.05. The summed E-state index contributed by atoms with van der Waals surface area (Å²) in [6, 6.07) is 0. The Labute approximate surface area is 63.0 Å². The van der Waals surface area contributed by atoms with Gasteiger partial charge in [0.05, 0.1) is 0 Å². The van der Waals surface area contributed by atoms with Gasteiger partial charge < -0.3 is 4.98 Å². The van der Waals surface area contributed by atoms with Gasteiger partial charge in [0.2, 0.25) is 0 Å². The van der Waals surface area contributed by atoms with Crippen LogP contribution in [0.5, 0.6) is 0 Å². The van der Waals surface area contributed by atoms with Crippen LogP contribution in [0.3, 0.4) is 0 Å². The molecule has 0 radical (unpaired) electrons. The van der Waals surface area contributed by atoms with E-state index in [2.05, 4.69) is 15.0 Å². The average molecular weight is 153 g/mol. The maximum absolute atomic E-state index is 4.26. The largest absolute Gasteiger partial charge is 0.343 e. The molecule has 0 saturated heterocycles. The summed E-state index contributed by atoms with van der Waals surface area (Å²) in [5.74, 6) is 2.00. The molecule has 2 heterocycles. The number of aromatic nitrogens is 2. The fourth-order valence-corrected chi connectivity index (χ4v) is 1.67. The fourth-order valence-electron chi connectivity index (χ4n) is 0.861. The van der Waals surface area contributed by atoms with Crippen molar-refractivity contribution in [3.8, 4) is 0 Å². The minimum Gasteiger partial charge on any atom is -0.343 e. The normalized spacial score (nSPS) is 17.4. The van der Waals surface area contributed by atoms with Gasteiger partial charge in [-0.1, -0.05) is 0 Å². The molecule has 4 heteroatoms. The van der Waals surface area contributed by atoms with Crippen molar-refractivity contribution in [1.82, 2.24) is 9.97 Å². The predicted molar refractivity (Wildman–Crippen MR) is 42.4 cm³/mol. The standard InChI is InChI=1S/C6H7N3S/c1-2-8-5(7-1)6-9-3-4-10-6/h1-2H,3-4H2,(H,7,8). The average Bonchev–Trinajstić information content (AvgIpc) is 2.59. The van der Waals surface area contributed by atoms with Gasteiger partial charge in [-0.05, 0) is 0 Å². The van der Waals surface area contributed by atoms with E-state index in [-0.39, 0.29) is 0 Å². The Morgan fingerprint density at radius 2 is 2.60 bits per heavy atom. The molecule has 0 aliphatic carbocycles. The number of hydrogen-bond acceptors (Lipinski definition) is 3. The summed E-state index contributed by atoms with van der Waals surface area (Å²) in [6.45, 7) is 0.931. The molecular weight excluding hydrogens is 146 g/mol. The van der Waals surface area contributed by atoms with Crippen LogP contribution in [0.2, 0.25) is 0 Å². The Bertz CT molecular complexity index is 240. The van der Waals surface area contributed by atoms with Gasteiger partial charge in [-0.25, -0.2) is 4.98 Å². The summed E-state index contributed by atoms with van der Waals surface area (Å²) in [4.78, 5) is 11.4. The van der Waals surface area contributed by atoms with Crippen LogP contribution in [0.1, 0.15) is 5.82 Å². The lowest BCUT2D eigenvalue weighted by Crippen LogP contribution is -1.93. The zero-order valence-electron chi connectivity index (χ0n) is 5.37. The van der Waals surface area contributed by atoms with Gasteiger partial charge in [0, 0.05) is 24.7 Å². The second-order valence-corrected chi connectivity index (χ2v) is 3.06. The Morgan fingerprint density at radius 3 is 3.20 bits per heavy atom. The third-order valence-corrected chi connectivity index (χ3v) is 2.27. The minimum atomic E-state index is 0.905. The molecule has 1 aliphatic heterocycles. The monoisotopic (exact) mass is 153 g/mol. The van der Waals surface area contributed by atoms with Crippen molar-refractivity contribution in [2.45, 2.75) is 0 Å². The van der Waals surface area contributed by atoms with Crippen molar-refractivity contribution in [2.75, 3.05) is 12.3 Å². The number of rotatable bonds is 1. The Morgan fingerprint density at radius 1 is 1.60 bits per heavy atom. The van der Waals surface area contributed by atoms with Crippen molar-refractivity contribution in [1.29, 1.82) is 0 Å². The molecule has 0 unspecified atom stereocenters. The third kappa shape index (κ3) is 0.945. The summed E-state index contributed by atoms with van der Waals surface area (Å²) in [5.41, 5.74) is 0. The molecule has 0 aromatic carbocycles. The first-order valence-corrected chi connectivity index (χ1v) is 4.12. The zero-order valence-corrected chi connectivity index (χ0v) is 6.19. The molecule has 0 atom stereocenters. The number of aliphatic imine (C=N–C) groups is 1. The number of H-pyrrole nitrogens is 1. The number of thioether (sulfide) groups is 1. The van der Waals surface area contributed by atoms with Crippen LogP contribution in [0.15, 0.2) is 17.4 Å². The topological polar surface area (TPSA) is 41.0 Å². The van der Waals surface area contributed by atoms with Crippen LogP contribution in [0, 0.1) is 0 Å². The quantitative estimate of drug-likeness (QED) is 0.651. The van der Waals surface area contributed by atoms with E-state index in [4.69, 9.17) is 0 Å². The molecule has 1 aromatic heterocycles. The molecule has 52 valence electrons. The molecule has 0 bridgehead atoms. The highest BCUT2D eigenvalue weighted by Crippen LogP contribution is 2.15. The lowest BCUT2D eigenvalue weighted by atomic mass is 10.6. The lowest BCUT2D eigenvalue weighted by molar-refractivity contribution is 1.16. The second-order valence-electron chi connectivity index (χ2n) is 1.97. The molecule has 3 nitrogen and oxygen atoms in total. The van der Waals surface area contributed by atoms with Crippen LogP contribution in [-0.2, 0) is 0 Å². The lowest BCUT2D eigenvalue weighted by Gasteiger charge is -1.89. The molecular formula is C6H7N3S. The van der Waals surface area contributed by atoms with E-state index in [0.717, 1.165) is 23.2 Å². The summed E-state index contributed by atoms with van der Waals surface area (Å²) >= 11 is 1.76. The SMILES string of the molecule is c1c[nH]c(C2=NCCS2)n1. The first-order valence-electron chi connectivity index (χ1n) is 3.14. The molecule has 0 amide bonds. The zero-order chi connectivity index (χ0) is 6.81. The first kappa shape index (κ1) is 5.97. The van der Waals surface area contributed by atoms with Gasteiger partial charge in [0.25, 0.3) is 0 Å². The highest BCUT2D eigenvalue weighted by molar-refractivity contribution is 8.14. The Kier molecular flexibility index (Phi) is 1.47. The summed E-state index contributed by atoms with van der Waals surface area (Å²) < 4.78 is 0. The predicted octanol–water partition coefficient (Wildman–Crippen LogP) is 0.903. The Balaban J connectivity index is 2.28. The highest BCUT2D eigenvalue weighted by atomic mass is 32.2. The number of imidazole rings is 1. The van der Waals surface area contributed by atoms with Crippen LogP contribution in [0.4, 0.5) is 0 Å². The molecule has 10 heavy (non-hydrogen) atoms. The molecule has 1 N–H and O–H groups in total. The van der Waals surface area contributed by atoms with Crippen LogP contribution in [0.25, 0.3) is 0 Å². The number of nitrogens with one attached hydrogen (secondary N) is 1. The van der Waals surface area contributed by atoms with E-state index >= 15 is 0 Å².